The number of benzene rings is 1. The number of anilines is 1. The van der Waals surface area contributed by atoms with Gasteiger partial charge in [-0.1, -0.05) is 18.2 Å². The van der Waals surface area contributed by atoms with E-state index in [1.807, 2.05) is 36.0 Å². The maximum Gasteiger partial charge on any atom is 0.229 e. The Bertz CT molecular complexity index is 395. The summed E-state index contributed by atoms with van der Waals surface area (Å²) in [5.41, 5.74) is 2.21. The number of thioether (sulfide) groups is 1. The third-order valence-corrected chi connectivity index (χ3v) is 3.67. The number of carbonyl (C=O) groups is 1. The number of nitrogens with one attached hydrogen (secondary N) is 2. The zero-order valence-corrected chi connectivity index (χ0v) is 10.8. The van der Waals surface area contributed by atoms with Crippen LogP contribution in [0.2, 0.25) is 0 Å². The highest BCUT2D eigenvalue weighted by Crippen LogP contribution is 2.30. The Morgan fingerprint density at radius 1 is 1.53 bits per heavy atom. The maximum atomic E-state index is 12.0. The van der Waals surface area contributed by atoms with Gasteiger partial charge in [-0.3, -0.25) is 4.79 Å². The van der Waals surface area contributed by atoms with Crippen molar-refractivity contribution >= 4 is 23.4 Å². The first-order chi connectivity index (χ1) is 8.33. The van der Waals surface area contributed by atoms with E-state index in [0.717, 1.165) is 30.0 Å². The van der Waals surface area contributed by atoms with E-state index < -0.39 is 0 Å². The van der Waals surface area contributed by atoms with E-state index in [0.29, 0.717) is 6.54 Å². The van der Waals surface area contributed by atoms with Crippen LogP contribution in [0.4, 0.5) is 5.69 Å². The van der Waals surface area contributed by atoms with Crippen molar-refractivity contribution in [2.45, 2.75) is 12.3 Å². The molecule has 1 atom stereocenters. The van der Waals surface area contributed by atoms with Gasteiger partial charge in [-0.15, -0.1) is 0 Å². The fourth-order valence-electron chi connectivity index (χ4n) is 2.07. The lowest BCUT2D eigenvalue weighted by atomic mass is 10.0. The molecule has 1 unspecified atom stereocenters. The van der Waals surface area contributed by atoms with Crippen molar-refractivity contribution in [1.82, 2.24) is 5.32 Å². The lowest BCUT2D eigenvalue weighted by Crippen LogP contribution is -2.31. The minimum atomic E-state index is -0.0273. The van der Waals surface area contributed by atoms with Gasteiger partial charge in [0.1, 0.15) is 0 Å². The second kappa shape index (κ2) is 5.96. The van der Waals surface area contributed by atoms with Gasteiger partial charge >= 0.3 is 0 Å². The predicted molar refractivity (Wildman–Crippen MR) is 73.7 cm³/mol. The van der Waals surface area contributed by atoms with Crippen molar-refractivity contribution in [2.24, 2.45) is 0 Å². The first-order valence-corrected chi connectivity index (χ1v) is 7.31. The quantitative estimate of drug-likeness (QED) is 0.786. The average molecular weight is 250 g/mol. The lowest BCUT2D eigenvalue weighted by molar-refractivity contribution is -0.122. The molecule has 1 heterocycles. The van der Waals surface area contributed by atoms with Crippen LogP contribution in [0.3, 0.4) is 0 Å². The summed E-state index contributed by atoms with van der Waals surface area (Å²) < 4.78 is 0. The number of hydrogen-bond donors (Lipinski definition) is 2. The molecule has 0 saturated heterocycles. The Morgan fingerprint density at radius 3 is 3.18 bits per heavy atom. The number of carbonyl (C=O) groups excluding carboxylic acids is 1. The largest absolute Gasteiger partial charge is 0.384 e. The van der Waals surface area contributed by atoms with E-state index in [-0.39, 0.29) is 11.8 Å². The highest BCUT2D eigenvalue weighted by molar-refractivity contribution is 7.98. The van der Waals surface area contributed by atoms with E-state index in [4.69, 9.17) is 0 Å². The van der Waals surface area contributed by atoms with Gasteiger partial charge in [0.15, 0.2) is 0 Å². The lowest BCUT2D eigenvalue weighted by Gasteiger charge is -2.10. The van der Waals surface area contributed by atoms with Crippen LogP contribution in [-0.4, -0.2) is 31.0 Å². The summed E-state index contributed by atoms with van der Waals surface area (Å²) in [6.07, 6.45) is 3.12. The van der Waals surface area contributed by atoms with Crippen LogP contribution in [0.5, 0.6) is 0 Å². The van der Waals surface area contributed by atoms with Gasteiger partial charge < -0.3 is 10.6 Å². The van der Waals surface area contributed by atoms with Crippen LogP contribution in [0, 0.1) is 0 Å². The summed E-state index contributed by atoms with van der Waals surface area (Å²) in [4.78, 5) is 12.0. The fourth-order valence-corrected chi connectivity index (χ4v) is 2.50. The molecule has 1 aromatic rings. The molecule has 2 N–H and O–H groups in total. The molecule has 1 aliphatic rings. The zero-order chi connectivity index (χ0) is 12.1. The average Bonchev–Trinajstić information content (AvgIpc) is 2.78. The summed E-state index contributed by atoms with van der Waals surface area (Å²) in [5, 5.41) is 6.28. The number of rotatable bonds is 5. The molecule has 17 heavy (non-hydrogen) atoms. The van der Waals surface area contributed by atoms with E-state index in [2.05, 4.69) is 16.9 Å². The molecule has 4 heteroatoms. The molecular formula is C13H18N2OS. The van der Waals surface area contributed by atoms with Gasteiger partial charge in [0.05, 0.1) is 5.92 Å². The van der Waals surface area contributed by atoms with Gasteiger partial charge in [0.25, 0.3) is 0 Å². The van der Waals surface area contributed by atoms with Gasteiger partial charge in [-0.25, -0.2) is 0 Å². The van der Waals surface area contributed by atoms with Gasteiger partial charge in [0, 0.05) is 18.8 Å². The molecule has 0 aromatic heterocycles. The molecule has 92 valence electrons. The standard InChI is InChI=1S/C13H18N2OS/c1-17-8-4-7-14-13(16)11-9-15-12-6-3-2-5-10(11)12/h2-3,5-6,11,15H,4,7-9H2,1H3,(H,14,16). The summed E-state index contributed by atoms with van der Waals surface area (Å²) in [5.74, 6) is 1.21. The molecule has 0 radical (unpaired) electrons. The minimum Gasteiger partial charge on any atom is -0.384 e. The second-order valence-corrected chi connectivity index (χ2v) is 5.14. The molecule has 2 rings (SSSR count). The van der Waals surface area contributed by atoms with E-state index in [1.165, 1.54) is 0 Å². The van der Waals surface area contributed by atoms with Crippen molar-refractivity contribution in [3.8, 4) is 0 Å². The Morgan fingerprint density at radius 2 is 2.35 bits per heavy atom. The van der Waals surface area contributed by atoms with Crippen molar-refractivity contribution < 1.29 is 4.79 Å². The Kier molecular flexibility index (Phi) is 4.31. The van der Waals surface area contributed by atoms with Gasteiger partial charge in [-0.2, -0.15) is 11.8 Å². The Labute approximate surface area is 106 Å². The topological polar surface area (TPSA) is 41.1 Å². The van der Waals surface area contributed by atoms with Crippen LogP contribution in [0.15, 0.2) is 24.3 Å². The van der Waals surface area contributed by atoms with Crippen LogP contribution >= 0.6 is 11.8 Å². The summed E-state index contributed by atoms with van der Waals surface area (Å²) >= 11 is 1.81. The minimum absolute atomic E-state index is 0.0273. The Balaban J connectivity index is 1.89. The van der Waals surface area contributed by atoms with Crippen LogP contribution < -0.4 is 10.6 Å². The van der Waals surface area contributed by atoms with Gasteiger partial charge in [0.2, 0.25) is 5.91 Å². The number of para-hydroxylation sites is 1. The summed E-state index contributed by atoms with van der Waals surface area (Å²) in [6, 6.07) is 8.03. The number of amides is 1. The van der Waals surface area contributed by atoms with E-state index in [1.54, 1.807) is 0 Å². The molecular weight excluding hydrogens is 232 g/mol. The third kappa shape index (κ3) is 2.94. The van der Waals surface area contributed by atoms with Crippen LogP contribution in [0.25, 0.3) is 0 Å². The Hall–Kier alpha value is -1.16. The molecule has 3 nitrogen and oxygen atoms in total. The number of hydrogen-bond acceptors (Lipinski definition) is 3. The first-order valence-electron chi connectivity index (χ1n) is 5.92. The van der Waals surface area contributed by atoms with Crippen molar-refractivity contribution in [3.05, 3.63) is 29.8 Å². The fraction of sp³-hybridized carbons (Fsp3) is 0.462. The van der Waals surface area contributed by atoms with Crippen LogP contribution in [0.1, 0.15) is 17.9 Å². The molecule has 1 amide bonds. The highest BCUT2D eigenvalue weighted by Gasteiger charge is 2.27. The normalized spacial score (nSPS) is 17.4. The molecule has 1 aromatic carbocycles. The first kappa shape index (κ1) is 12.3. The molecule has 0 spiro atoms. The molecule has 1 aliphatic heterocycles. The SMILES string of the molecule is CSCCCNC(=O)C1CNc2ccccc21. The van der Waals surface area contributed by atoms with Crippen LogP contribution in [-0.2, 0) is 4.79 Å². The van der Waals surface area contributed by atoms with E-state index in [9.17, 15) is 4.79 Å². The smallest absolute Gasteiger partial charge is 0.229 e. The predicted octanol–water partition coefficient (Wildman–Crippen LogP) is 2.06. The molecule has 0 bridgehead atoms. The second-order valence-electron chi connectivity index (χ2n) is 4.16. The van der Waals surface area contributed by atoms with Crippen molar-refractivity contribution in [3.63, 3.8) is 0 Å². The number of fused-ring (bicyclic) bond motifs is 1. The van der Waals surface area contributed by atoms with Crippen molar-refractivity contribution in [1.29, 1.82) is 0 Å². The van der Waals surface area contributed by atoms with Crippen molar-refractivity contribution in [2.75, 3.05) is 30.4 Å². The zero-order valence-electron chi connectivity index (χ0n) is 10.0. The summed E-state index contributed by atoms with van der Waals surface area (Å²) in [7, 11) is 0. The third-order valence-electron chi connectivity index (χ3n) is 2.97. The monoisotopic (exact) mass is 250 g/mol. The van der Waals surface area contributed by atoms with E-state index >= 15 is 0 Å². The summed E-state index contributed by atoms with van der Waals surface area (Å²) in [6.45, 7) is 1.49. The molecule has 0 saturated carbocycles. The maximum absolute atomic E-state index is 12.0. The van der Waals surface area contributed by atoms with Gasteiger partial charge in [-0.05, 0) is 30.1 Å². The molecule has 0 fully saturated rings. The molecule has 0 aliphatic carbocycles. The highest BCUT2D eigenvalue weighted by atomic mass is 32.2.